The van der Waals surface area contributed by atoms with E-state index < -0.39 is 23.7 Å². The molecule has 0 spiro atoms. The van der Waals surface area contributed by atoms with E-state index in [1.54, 1.807) is 20.8 Å². The molecule has 1 aliphatic heterocycles. The van der Waals surface area contributed by atoms with Gasteiger partial charge in [-0.15, -0.1) is 0 Å². The van der Waals surface area contributed by atoms with Crippen LogP contribution in [-0.4, -0.2) is 41.6 Å². The van der Waals surface area contributed by atoms with Gasteiger partial charge in [-0.05, 0) is 27.7 Å². The highest BCUT2D eigenvalue weighted by Gasteiger charge is 2.47. The number of carbonyl (C=O) groups is 1. The Bertz CT molecular complexity index is 294. The van der Waals surface area contributed by atoms with E-state index in [0.717, 1.165) is 0 Å². The van der Waals surface area contributed by atoms with Crippen molar-refractivity contribution in [3.05, 3.63) is 0 Å². The van der Waals surface area contributed by atoms with Crippen molar-refractivity contribution in [1.82, 2.24) is 4.90 Å². The quantitative estimate of drug-likeness (QED) is 0.813. The summed E-state index contributed by atoms with van der Waals surface area (Å²) in [6.45, 7) is 7.05. The minimum absolute atomic E-state index is 0.228. The molecule has 1 saturated heterocycles. The first-order chi connectivity index (χ1) is 7.54. The van der Waals surface area contributed by atoms with Crippen LogP contribution in [0.25, 0.3) is 0 Å². The Morgan fingerprint density at radius 1 is 1.35 bits per heavy atom. The third kappa shape index (κ3) is 3.28. The summed E-state index contributed by atoms with van der Waals surface area (Å²) in [7, 11) is 0. The Morgan fingerprint density at radius 3 is 2.18 bits per heavy atom. The van der Waals surface area contributed by atoms with Crippen LogP contribution in [0, 0.1) is 5.92 Å². The number of hydrogen-bond acceptors (Lipinski definition) is 3. The number of ether oxygens (including phenoxy) is 1. The number of amides is 1. The van der Waals surface area contributed by atoms with Gasteiger partial charge in [0, 0.05) is 19.0 Å². The van der Waals surface area contributed by atoms with Gasteiger partial charge in [0.1, 0.15) is 5.60 Å². The van der Waals surface area contributed by atoms with Gasteiger partial charge in [-0.3, -0.25) is 0 Å². The first-order valence-corrected chi connectivity index (χ1v) is 5.59. The number of likely N-dealkylation sites (tertiary alicyclic amines) is 1. The zero-order valence-electron chi connectivity index (χ0n) is 10.7. The molecular weight excluding hydrogens is 230 g/mol. The molecule has 1 heterocycles. The summed E-state index contributed by atoms with van der Waals surface area (Å²) in [6, 6.07) is 0. The predicted molar refractivity (Wildman–Crippen MR) is 59.9 cm³/mol. The van der Waals surface area contributed by atoms with Gasteiger partial charge >= 0.3 is 6.09 Å². The molecule has 0 radical (unpaired) electrons. The lowest BCUT2D eigenvalue weighted by Gasteiger charge is -2.46. The SMILES string of the molecule is CC(C)(C)OC(=O)N1CC(C(C)(N)C(F)F)C1. The van der Waals surface area contributed by atoms with Crippen molar-refractivity contribution in [3.63, 3.8) is 0 Å². The third-order valence-electron chi connectivity index (χ3n) is 2.88. The summed E-state index contributed by atoms with van der Waals surface area (Å²) in [5.74, 6) is -0.380. The van der Waals surface area contributed by atoms with Crippen molar-refractivity contribution in [2.75, 3.05) is 13.1 Å². The molecule has 1 rings (SSSR count). The normalized spacial score (nSPS) is 21.1. The maximum Gasteiger partial charge on any atom is 0.410 e. The highest BCUT2D eigenvalue weighted by Crippen LogP contribution is 2.31. The Balaban J connectivity index is 2.45. The van der Waals surface area contributed by atoms with Crippen LogP contribution in [0.4, 0.5) is 13.6 Å². The molecule has 4 nitrogen and oxygen atoms in total. The number of hydrogen-bond donors (Lipinski definition) is 1. The van der Waals surface area contributed by atoms with E-state index in [9.17, 15) is 13.6 Å². The Kier molecular flexibility index (Phi) is 3.66. The second-order valence-corrected chi connectivity index (χ2v) is 5.75. The zero-order chi connectivity index (χ0) is 13.4. The molecule has 17 heavy (non-hydrogen) atoms. The summed E-state index contributed by atoms with van der Waals surface area (Å²) in [5, 5.41) is 0. The van der Waals surface area contributed by atoms with Crippen LogP contribution < -0.4 is 5.73 Å². The molecule has 0 aromatic heterocycles. The fourth-order valence-electron chi connectivity index (χ4n) is 1.53. The lowest BCUT2D eigenvalue weighted by atomic mass is 9.81. The van der Waals surface area contributed by atoms with Crippen molar-refractivity contribution in [3.8, 4) is 0 Å². The molecule has 0 bridgehead atoms. The molecule has 1 fully saturated rings. The largest absolute Gasteiger partial charge is 0.444 e. The van der Waals surface area contributed by atoms with Crippen molar-refractivity contribution in [2.45, 2.75) is 45.3 Å². The topological polar surface area (TPSA) is 55.6 Å². The fraction of sp³-hybridized carbons (Fsp3) is 0.909. The minimum atomic E-state index is -2.59. The van der Waals surface area contributed by atoms with Crippen molar-refractivity contribution in [1.29, 1.82) is 0 Å². The molecule has 1 unspecified atom stereocenters. The van der Waals surface area contributed by atoms with Crippen LogP contribution in [0.2, 0.25) is 0 Å². The number of halogens is 2. The van der Waals surface area contributed by atoms with E-state index in [1.165, 1.54) is 11.8 Å². The maximum atomic E-state index is 12.6. The van der Waals surface area contributed by atoms with E-state index in [-0.39, 0.29) is 19.0 Å². The molecule has 2 N–H and O–H groups in total. The number of alkyl halides is 2. The molecule has 0 aliphatic carbocycles. The van der Waals surface area contributed by atoms with Gasteiger partial charge in [-0.25, -0.2) is 13.6 Å². The van der Waals surface area contributed by atoms with E-state index in [2.05, 4.69) is 0 Å². The van der Waals surface area contributed by atoms with Gasteiger partial charge in [0.25, 0.3) is 6.43 Å². The monoisotopic (exact) mass is 250 g/mol. The van der Waals surface area contributed by atoms with Crippen LogP contribution >= 0.6 is 0 Å². The van der Waals surface area contributed by atoms with E-state index in [0.29, 0.717) is 0 Å². The second-order valence-electron chi connectivity index (χ2n) is 5.75. The average molecular weight is 250 g/mol. The van der Waals surface area contributed by atoms with Crippen LogP contribution in [-0.2, 0) is 4.74 Å². The zero-order valence-corrected chi connectivity index (χ0v) is 10.7. The van der Waals surface area contributed by atoms with Crippen LogP contribution in [0.5, 0.6) is 0 Å². The molecule has 1 aliphatic rings. The lowest BCUT2D eigenvalue weighted by Crippen LogP contribution is -2.65. The van der Waals surface area contributed by atoms with Crippen LogP contribution in [0.1, 0.15) is 27.7 Å². The van der Waals surface area contributed by atoms with Crippen LogP contribution in [0.3, 0.4) is 0 Å². The summed E-state index contributed by atoms with van der Waals surface area (Å²) < 4.78 is 30.4. The van der Waals surface area contributed by atoms with Crippen LogP contribution in [0.15, 0.2) is 0 Å². The van der Waals surface area contributed by atoms with Gasteiger partial charge in [-0.2, -0.15) is 0 Å². The van der Waals surface area contributed by atoms with Crippen molar-refractivity contribution < 1.29 is 18.3 Å². The molecule has 0 saturated carbocycles. The van der Waals surface area contributed by atoms with Crippen molar-refractivity contribution >= 4 is 6.09 Å². The first-order valence-electron chi connectivity index (χ1n) is 5.59. The molecule has 100 valence electrons. The smallest absolute Gasteiger partial charge is 0.410 e. The summed E-state index contributed by atoms with van der Waals surface area (Å²) in [4.78, 5) is 13.0. The maximum absolute atomic E-state index is 12.6. The molecule has 1 atom stereocenters. The van der Waals surface area contributed by atoms with Gasteiger partial charge in [-0.1, -0.05) is 0 Å². The van der Waals surface area contributed by atoms with Gasteiger partial charge in [0.2, 0.25) is 0 Å². The molecular formula is C11H20F2N2O2. The molecule has 6 heteroatoms. The van der Waals surface area contributed by atoms with Crippen molar-refractivity contribution in [2.24, 2.45) is 11.7 Å². The highest BCUT2D eigenvalue weighted by molar-refractivity contribution is 5.69. The number of rotatable bonds is 2. The number of nitrogens with two attached hydrogens (primary N) is 1. The van der Waals surface area contributed by atoms with E-state index in [4.69, 9.17) is 10.5 Å². The standard InChI is InChI=1S/C11H20F2N2O2/c1-10(2,3)17-9(16)15-5-7(6-15)11(4,14)8(12)13/h7-8H,5-6,14H2,1-4H3. The third-order valence-corrected chi connectivity index (χ3v) is 2.88. The Hall–Kier alpha value is -0.910. The number of carbonyl (C=O) groups excluding carboxylic acids is 1. The lowest BCUT2D eigenvalue weighted by molar-refractivity contribution is -0.0473. The molecule has 1 amide bonds. The average Bonchev–Trinajstić information content (AvgIpc) is 1.95. The molecule has 0 aromatic carbocycles. The highest BCUT2D eigenvalue weighted by atomic mass is 19.3. The Morgan fingerprint density at radius 2 is 1.82 bits per heavy atom. The van der Waals surface area contributed by atoms with E-state index >= 15 is 0 Å². The second kappa shape index (κ2) is 4.40. The number of nitrogens with zero attached hydrogens (tertiary/aromatic N) is 1. The van der Waals surface area contributed by atoms with Gasteiger partial charge in [0.15, 0.2) is 0 Å². The predicted octanol–water partition coefficient (Wildman–Crippen LogP) is 1.84. The van der Waals surface area contributed by atoms with E-state index in [1.807, 2.05) is 0 Å². The first kappa shape index (κ1) is 14.2. The van der Waals surface area contributed by atoms with Gasteiger partial charge in [0.05, 0.1) is 5.54 Å². The summed E-state index contributed by atoms with van der Waals surface area (Å²) in [6.07, 6.45) is -3.06. The summed E-state index contributed by atoms with van der Waals surface area (Å²) >= 11 is 0. The fourth-order valence-corrected chi connectivity index (χ4v) is 1.53. The van der Waals surface area contributed by atoms with Gasteiger partial charge < -0.3 is 15.4 Å². The molecule has 0 aromatic rings. The Labute approximate surface area is 100 Å². The minimum Gasteiger partial charge on any atom is -0.444 e. The summed E-state index contributed by atoms with van der Waals surface area (Å²) in [5.41, 5.74) is 3.41.